The number of fused-ring (bicyclic) bond motifs is 1. The van der Waals surface area contributed by atoms with Crippen LogP contribution in [0.1, 0.15) is 11.3 Å². The molecule has 0 N–H and O–H groups in total. The van der Waals surface area contributed by atoms with Crippen molar-refractivity contribution in [3.05, 3.63) is 69.5 Å². The first-order valence-corrected chi connectivity index (χ1v) is 6.31. The third-order valence-electron chi connectivity index (χ3n) is 3.06. The first-order chi connectivity index (χ1) is 9.16. The standard InChI is InChI=1S/C14H12ClN3O/c1-10-7-16-13-14(19)17(9-12(15)18(10)13)8-11-5-3-2-4-6-11/h2-7,9H,8H2,1H3. The lowest BCUT2D eigenvalue weighted by atomic mass is 10.2. The Morgan fingerprint density at radius 2 is 2.00 bits per heavy atom. The quantitative estimate of drug-likeness (QED) is 0.720. The Kier molecular flexibility index (Phi) is 2.87. The molecule has 0 amide bonds. The Morgan fingerprint density at radius 3 is 2.74 bits per heavy atom. The zero-order valence-electron chi connectivity index (χ0n) is 10.4. The van der Waals surface area contributed by atoms with Gasteiger partial charge in [0.2, 0.25) is 5.65 Å². The fraction of sp³-hybridized carbons (Fsp3) is 0.143. The van der Waals surface area contributed by atoms with Crippen LogP contribution in [0.2, 0.25) is 5.15 Å². The monoisotopic (exact) mass is 273 g/mol. The highest BCUT2D eigenvalue weighted by atomic mass is 35.5. The predicted molar refractivity (Wildman–Crippen MR) is 74.7 cm³/mol. The molecule has 0 aliphatic rings. The molecule has 3 aromatic rings. The molecule has 0 saturated carbocycles. The van der Waals surface area contributed by atoms with Crippen molar-refractivity contribution in [2.24, 2.45) is 0 Å². The van der Waals surface area contributed by atoms with Crippen LogP contribution in [0.4, 0.5) is 0 Å². The van der Waals surface area contributed by atoms with E-state index >= 15 is 0 Å². The van der Waals surface area contributed by atoms with Gasteiger partial charge < -0.3 is 4.57 Å². The minimum absolute atomic E-state index is 0.138. The van der Waals surface area contributed by atoms with Gasteiger partial charge in [0.05, 0.1) is 6.54 Å². The maximum Gasteiger partial charge on any atom is 0.294 e. The van der Waals surface area contributed by atoms with Gasteiger partial charge in [-0.15, -0.1) is 0 Å². The lowest BCUT2D eigenvalue weighted by Crippen LogP contribution is -2.23. The Bertz CT molecular complexity index is 790. The van der Waals surface area contributed by atoms with Crippen molar-refractivity contribution in [3.63, 3.8) is 0 Å². The number of benzene rings is 1. The highest BCUT2D eigenvalue weighted by Gasteiger charge is 2.10. The third kappa shape index (κ3) is 2.04. The van der Waals surface area contributed by atoms with Crippen LogP contribution in [-0.2, 0) is 6.54 Å². The van der Waals surface area contributed by atoms with E-state index in [2.05, 4.69) is 4.98 Å². The fourth-order valence-electron chi connectivity index (χ4n) is 2.13. The molecule has 0 atom stereocenters. The smallest absolute Gasteiger partial charge is 0.294 e. The molecule has 1 aromatic carbocycles. The van der Waals surface area contributed by atoms with Crippen LogP contribution in [0.15, 0.2) is 47.5 Å². The van der Waals surface area contributed by atoms with Gasteiger partial charge in [-0.05, 0) is 12.5 Å². The summed E-state index contributed by atoms with van der Waals surface area (Å²) >= 11 is 6.21. The van der Waals surface area contributed by atoms with Crippen molar-refractivity contribution < 1.29 is 0 Å². The van der Waals surface area contributed by atoms with E-state index in [1.54, 1.807) is 21.4 Å². The Balaban J connectivity index is 2.15. The number of nitrogens with zero attached hydrogens (tertiary/aromatic N) is 3. The molecule has 0 aliphatic carbocycles. The highest BCUT2D eigenvalue weighted by Crippen LogP contribution is 2.12. The summed E-state index contributed by atoms with van der Waals surface area (Å²) in [5.41, 5.74) is 2.12. The molecule has 0 unspecified atom stereocenters. The first kappa shape index (κ1) is 12.0. The van der Waals surface area contributed by atoms with Gasteiger partial charge in [0.25, 0.3) is 5.56 Å². The summed E-state index contributed by atoms with van der Waals surface area (Å²) in [5.74, 6) is 0. The summed E-state index contributed by atoms with van der Waals surface area (Å²) < 4.78 is 3.24. The van der Waals surface area contributed by atoms with Crippen molar-refractivity contribution in [2.45, 2.75) is 13.5 Å². The van der Waals surface area contributed by atoms with Crippen molar-refractivity contribution in [3.8, 4) is 0 Å². The average molecular weight is 274 g/mol. The largest absolute Gasteiger partial charge is 0.305 e. The molecule has 19 heavy (non-hydrogen) atoms. The zero-order chi connectivity index (χ0) is 13.4. The van der Waals surface area contributed by atoms with Crippen LogP contribution in [0.25, 0.3) is 5.65 Å². The van der Waals surface area contributed by atoms with Crippen molar-refractivity contribution in [1.82, 2.24) is 14.0 Å². The average Bonchev–Trinajstić information content (AvgIpc) is 2.80. The zero-order valence-corrected chi connectivity index (χ0v) is 11.1. The molecule has 0 aliphatic heterocycles. The van der Waals surface area contributed by atoms with Crippen LogP contribution >= 0.6 is 11.6 Å². The molecule has 3 rings (SSSR count). The number of aromatic nitrogens is 3. The van der Waals surface area contributed by atoms with Crippen LogP contribution in [0, 0.1) is 6.92 Å². The van der Waals surface area contributed by atoms with Gasteiger partial charge in [-0.25, -0.2) is 4.98 Å². The second-order valence-corrected chi connectivity index (χ2v) is 4.82. The fourth-order valence-corrected chi connectivity index (χ4v) is 2.46. The van der Waals surface area contributed by atoms with E-state index in [4.69, 9.17) is 11.6 Å². The molecule has 2 heterocycles. The number of halogens is 1. The number of hydrogen-bond acceptors (Lipinski definition) is 2. The van der Waals surface area contributed by atoms with Gasteiger partial charge in [-0.1, -0.05) is 41.9 Å². The second-order valence-electron chi connectivity index (χ2n) is 4.43. The van der Waals surface area contributed by atoms with Crippen LogP contribution in [0.3, 0.4) is 0 Å². The molecule has 0 bridgehead atoms. The van der Waals surface area contributed by atoms with Crippen molar-refractivity contribution in [1.29, 1.82) is 0 Å². The summed E-state index contributed by atoms with van der Waals surface area (Å²) in [6.07, 6.45) is 3.30. The molecular weight excluding hydrogens is 262 g/mol. The second kappa shape index (κ2) is 4.55. The summed E-state index contributed by atoms with van der Waals surface area (Å²) in [6, 6.07) is 9.78. The maximum absolute atomic E-state index is 12.3. The first-order valence-electron chi connectivity index (χ1n) is 5.94. The number of imidazole rings is 1. The van der Waals surface area contributed by atoms with Crippen LogP contribution < -0.4 is 5.56 Å². The van der Waals surface area contributed by atoms with Gasteiger partial charge in [-0.2, -0.15) is 0 Å². The van der Waals surface area contributed by atoms with Gasteiger partial charge in [0.15, 0.2) is 0 Å². The van der Waals surface area contributed by atoms with Crippen molar-refractivity contribution in [2.75, 3.05) is 0 Å². The summed E-state index contributed by atoms with van der Waals surface area (Å²) in [5, 5.41) is 0.487. The molecule has 0 radical (unpaired) electrons. The van der Waals surface area contributed by atoms with E-state index < -0.39 is 0 Å². The molecule has 0 spiro atoms. The third-order valence-corrected chi connectivity index (χ3v) is 3.33. The summed E-state index contributed by atoms with van der Waals surface area (Å²) in [6.45, 7) is 2.36. The summed E-state index contributed by atoms with van der Waals surface area (Å²) in [7, 11) is 0. The Hall–Kier alpha value is -2.07. The molecule has 0 saturated heterocycles. The van der Waals surface area contributed by atoms with Gasteiger partial charge >= 0.3 is 0 Å². The highest BCUT2D eigenvalue weighted by molar-refractivity contribution is 6.29. The molecule has 5 heteroatoms. The lowest BCUT2D eigenvalue weighted by Gasteiger charge is -2.08. The normalized spacial score (nSPS) is 11.1. The molecule has 4 nitrogen and oxygen atoms in total. The summed E-state index contributed by atoms with van der Waals surface area (Å²) in [4.78, 5) is 16.4. The topological polar surface area (TPSA) is 39.3 Å². The molecule has 2 aromatic heterocycles. The SMILES string of the molecule is Cc1cnc2c(=O)n(Cc3ccccc3)cc(Cl)n12. The van der Waals surface area contributed by atoms with Crippen LogP contribution in [0.5, 0.6) is 0 Å². The predicted octanol–water partition coefficient (Wildman–Crippen LogP) is 2.51. The minimum atomic E-state index is -0.138. The van der Waals surface area contributed by atoms with E-state index in [0.29, 0.717) is 17.3 Å². The number of aryl methyl sites for hydroxylation is 1. The van der Waals surface area contributed by atoms with E-state index in [1.807, 2.05) is 37.3 Å². The minimum Gasteiger partial charge on any atom is -0.305 e. The Morgan fingerprint density at radius 1 is 1.26 bits per heavy atom. The van der Waals surface area contributed by atoms with E-state index in [1.165, 1.54) is 0 Å². The number of rotatable bonds is 2. The Labute approximate surface area is 114 Å². The molecule has 0 fully saturated rings. The van der Waals surface area contributed by atoms with Crippen molar-refractivity contribution >= 4 is 17.2 Å². The van der Waals surface area contributed by atoms with E-state index in [0.717, 1.165) is 11.3 Å². The molecule has 96 valence electrons. The lowest BCUT2D eigenvalue weighted by molar-refractivity contribution is 0.749. The van der Waals surface area contributed by atoms with E-state index in [9.17, 15) is 4.79 Å². The number of hydrogen-bond donors (Lipinski definition) is 0. The molecular formula is C14H12ClN3O. The van der Waals surface area contributed by atoms with Crippen LogP contribution in [-0.4, -0.2) is 14.0 Å². The van der Waals surface area contributed by atoms with Gasteiger partial charge in [0, 0.05) is 18.1 Å². The van der Waals surface area contributed by atoms with Gasteiger partial charge in [-0.3, -0.25) is 9.20 Å². The maximum atomic E-state index is 12.3. The van der Waals surface area contributed by atoms with Gasteiger partial charge in [0.1, 0.15) is 5.15 Å². The van der Waals surface area contributed by atoms with E-state index in [-0.39, 0.29) is 5.56 Å².